The molecule has 2 aromatic carbocycles. The minimum Gasteiger partial charge on any atom is -0.493 e. The number of sulfonamides is 1. The van der Waals surface area contributed by atoms with E-state index in [1.165, 1.54) is 30.7 Å². The molecule has 0 aliphatic carbocycles. The second-order valence-corrected chi connectivity index (χ2v) is 10.1. The number of carbonyl (C=O) groups excluding carboxylic acids is 1. The Morgan fingerprint density at radius 3 is 2.40 bits per heavy atom. The van der Waals surface area contributed by atoms with E-state index in [0.29, 0.717) is 55.5 Å². The molecule has 0 atom stereocenters. The number of oxazole rings is 1. The molecule has 1 aliphatic heterocycles. The van der Waals surface area contributed by atoms with Crippen LogP contribution in [0.25, 0.3) is 11.3 Å². The summed E-state index contributed by atoms with van der Waals surface area (Å²) in [4.78, 5) is 18.8. The van der Waals surface area contributed by atoms with Gasteiger partial charge in [-0.15, -0.1) is 0 Å². The van der Waals surface area contributed by atoms with Gasteiger partial charge in [0.05, 0.1) is 25.3 Å². The highest BCUT2D eigenvalue weighted by atomic mass is 32.2. The summed E-state index contributed by atoms with van der Waals surface area (Å²) in [5.74, 6) is 2.12. The van der Waals surface area contributed by atoms with Crippen molar-refractivity contribution >= 4 is 15.9 Å². The highest BCUT2D eigenvalue weighted by Gasteiger charge is 2.30. The van der Waals surface area contributed by atoms with Crippen LogP contribution in [0.1, 0.15) is 18.7 Å². The zero-order chi connectivity index (χ0) is 24.8. The molecule has 2 heterocycles. The number of hydrogen-bond acceptors (Lipinski definition) is 7. The maximum Gasteiger partial charge on any atom is 0.243 e. The van der Waals surface area contributed by atoms with Crippen molar-refractivity contribution in [3.05, 3.63) is 60.6 Å². The minimum absolute atomic E-state index is 0.00278. The third-order valence-corrected chi connectivity index (χ3v) is 7.87. The maximum absolute atomic E-state index is 13.1. The normalized spacial score (nSPS) is 14.6. The van der Waals surface area contributed by atoms with Crippen molar-refractivity contribution in [1.29, 1.82) is 0 Å². The Labute approximate surface area is 205 Å². The summed E-state index contributed by atoms with van der Waals surface area (Å²) in [6, 6.07) is 14.3. The fraction of sp³-hybridized carbons (Fsp3) is 0.360. The molecule has 0 unspecified atom stereocenters. The first-order valence-electron chi connectivity index (χ1n) is 11.4. The summed E-state index contributed by atoms with van der Waals surface area (Å²) in [6.07, 6.45) is 3.22. The number of piperazine rings is 1. The Balaban J connectivity index is 1.27. The van der Waals surface area contributed by atoms with Gasteiger partial charge < -0.3 is 18.8 Å². The van der Waals surface area contributed by atoms with Gasteiger partial charge in [-0.25, -0.2) is 13.4 Å². The van der Waals surface area contributed by atoms with Gasteiger partial charge >= 0.3 is 0 Å². The van der Waals surface area contributed by atoms with Crippen LogP contribution in [0.4, 0.5) is 0 Å². The SMILES string of the molecule is COc1ccc(S(=O)(=O)N2CCN(C(=O)CCCc3ncc(-c4ccccc4)o3)CC2)cc1OC. The topological polar surface area (TPSA) is 102 Å². The molecule has 0 N–H and O–H groups in total. The van der Waals surface area contributed by atoms with E-state index in [2.05, 4.69) is 4.98 Å². The molecule has 10 heteroatoms. The number of rotatable bonds is 9. The number of aromatic nitrogens is 1. The number of hydrogen-bond donors (Lipinski definition) is 0. The predicted octanol–water partition coefficient (Wildman–Crippen LogP) is 3.21. The lowest BCUT2D eigenvalue weighted by atomic mass is 10.2. The van der Waals surface area contributed by atoms with Gasteiger partial charge in [-0.2, -0.15) is 4.31 Å². The zero-order valence-electron chi connectivity index (χ0n) is 19.8. The standard InChI is InChI=1S/C25H29N3O6S/c1-32-21-12-11-20(17-22(21)33-2)35(30,31)28-15-13-27(14-16-28)25(29)10-6-9-24-26-18-23(34-24)19-7-4-3-5-8-19/h3-5,7-8,11-12,17-18H,6,9-10,13-16H2,1-2H3. The summed E-state index contributed by atoms with van der Waals surface area (Å²) in [7, 11) is -0.747. The zero-order valence-corrected chi connectivity index (χ0v) is 20.7. The van der Waals surface area contributed by atoms with Crippen LogP contribution in [0.5, 0.6) is 11.5 Å². The first-order valence-corrected chi connectivity index (χ1v) is 12.9. The van der Waals surface area contributed by atoms with E-state index in [9.17, 15) is 13.2 Å². The summed E-state index contributed by atoms with van der Waals surface area (Å²) < 4.78 is 43.8. The van der Waals surface area contributed by atoms with Gasteiger partial charge in [0.15, 0.2) is 23.1 Å². The van der Waals surface area contributed by atoms with Crippen molar-refractivity contribution in [3.8, 4) is 22.8 Å². The second-order valence-electron chi connectivity index (χ2n) is 8.14. The molecule has 1 aromatic heterocycles. The number of ether oxygens (including phenoxy) is 2. The molecule has 1 amide bonds. The summed E-state index contributed by atoms with van der Waals surface area (Å²) in [6.45, 7) is 1.18. The average molecular weight is 500 g/mol. The van der Waals surface area contributed by atoms with Gasteiger partial charge in [-0.3, -0.25) is 4.79 Å². The van der Waals surface area contributed by atoms with Gasteiger partial charge in [-0.05, 0) is 18.6 Å². The van der Waals surface area contributed by atoms with Crippen molar-refractivity contribution in [2.24, 2.45) is 0 Å². The molecule has 0 spiro atoms. The molecule has 35 heavy (non-hydrogen) atoms. The lowest BCUT2D eigenvalue weighted by Crippen LogP contribution is -2.50. The highest BCUT2D eigenvalue weighted by Crippen LogP contribution is 2.31. The molecule has 1 aliphatic rings. The van der Waals surface area contributed by atoms with Crippen molar-refractivity contribution in [2.75, 3.05) is 40.4 Å². The fourth-order valence-corrected chi connectivity index (χ4v) is 5.45. The Morgan fingerprint density at radius 1 is 1.00 bits per heavy atom. The Morgan fingerprint density at radius 2 is 1.71 bits per heavy atom. The number of aryl methyl sites for hydroxylation is 1. The Kier molecular flexibility index (Phi) is 7.72. The molecule has 0 radical (unpaired) electrons. The monoisotopic (exact) mass is 499 g/mol. The number of nitrogens with zero attached hydrogens (tertiary/aromatic N) is 3. The van der Waals surface area contributed by atoms with Crippen LogP contribution in [-0.2, 0) is 21.2 Å². The van der Waals surface area contributed by atoms with Crippen molar-refractivity contribution in [1.82, 2.24) is 14.2 Å². The van der Waals surface area contributed by atoms with E-state index in [0.717, 1.165) is 5.56 Å². The number of benzene rings is 2. The van der Waals surface area contributed by atoms with Gasteiger partial charge in [0.25, 0.3) is 0 Å². The van der Waals surface area contributed by atoms with E-state index >= 15 is 0 Å². The number of methoxy groups -OCH3 is 2. The van der Waals surface area contributed by atoms with E-state index in [1.807, 2.05) is 30.3 Å². The smallest absolute Gasteiger partial charge is 0.243 e. The second kappa shape index (κ2) is 10.9. The lowest BCUT2D eigenvalue weighted by Gasteiger charge is -2.34. The van der Waals surface area contributed by atoms with Crippen LogP contribution in [0, 0.1) is 0 Å². The first-order chi connectivity index (χ1) is 16.9. The molecule has 186 valence electrons. The van der Waals surface area contributed by atoms with Gasteiger partial charge in [0.2, 0.25) is 15.9 Å². The van der Waals surface area contributed by atoms with Crippen LogP contribution in [0.15, 0.2) is 64.0 Å². The number of amides is 1. The fourth-order valence-electron chi connectivity index (χ4n) is 4.01. The quantitative estimate of drug-likeness (QED) is 0.445. The third-order valence-electron chi connectivity index (χ3n) is 5.98. The van der Waals surface area contributed by atoms with Crippen LogP contribution in [0.2, 0.25) is 0 Å². The van der Waals surface area contributed by atoms with Crippen LogP contribution in [-0.4, -0.2) is 68.9 Å². The molecule has 3 aromatic rings. The van der Waals surface area contributed by atoms with E-state index in [1.54, 1.807) is 17.2 Å². The van der Waals surface area contributed by atoms with Crippen LogP contribution >= 0.6 is 0 Å². The third kappa shape index (κ3) is 5.66. The molecule has 4 rings (SSSR count). The lowest BCUT2D eigenvalue weighted by molar-refractivity contribution is -0.132. The average Bonchev–Trinajstić information content (AvgIpc) is 3.37. The van der Waals surface area contributed by atoms with Crippen molar-refractivity contribution in [2.45, 2.75) is 24.2 Å². The van der Waals surface area contributed by atoms with Crippen LogP contribution < -0.4 is 9.47 Å². The summed E-state index contributed by atoms with van der Waals surface area (Å²) in [5.41, 5.74) is 0.961. The summed E-state index contributed by atoms with van der Waals surface area (Å²) >= 11 is 0. The molecule has 0 bridgehead atoms. The summed E-state index contributed by atoms with van der Waals surface area (Å²) in [5, 5.41) is 0. The first kappa shape index (κ1) is 24.7. The van der Waals surface area contributed by atoms with Gasteiger partial charge in [0, 0.05) is 50.7 Å². The molecule has 1 saturated heterocycles. The maximum atomic E-state index is 13.1. The highest BCUT2D eigenvalue weighted by molar-refractivity contribution is 7.89. The predicted molar refractivity (Wildman–Crippen MR) is 130 cm³/mol. The number of carbonyl (C=O) groups is 1. The minimum atomic E-state index is -3.70. The largest absolute Gasteiger partial charge is 0.493 e. The van der Waals surface area contributed by atoms with Crippen molar-refractivity contribution < 1.29 is 27.1 Å². The van der Waals surface area contributed by atoms with E-state index in [-0.39, 0.29) is 23.9 Å². The molecule has 0 saturated carbocycles. The Bertz CT molecular complexity index is 1250. The molecular formula is C25H29N3O6S. The molecule has 1 fully saturated rings. The van der Waals surface area contributed by atoms with E-state index < -0.39 is 10.0 Å². The van der Waals surface area contributed by atoms with Crippen molar-refractivity contribution in [3.63, 3.8) is 0 Å². The van der Waals surface area contributed by atoms with Gasteiger partial charge in [-0.1, -0.05) is 30.3 Å². The molecular weight excluding hydrogens is 470 g/mol. The Hall–Kier alpha value is -3.37. The molecule has 9 nitrogen and oxygen atoms in total. The van der Waals surface area contributed by atoms with Gasteiger partial charge in [0.1, 0.15) is 0 Å². The van der Waals surface area contributed by atoms with E-state index in [4.69, 9.17) is 13.9 Å². The van der Waals surface area contributed by atoms with Crippen LogP contribution in [0.3, 0.4) is 0 Å².